The zero-order valence-corrected chi connectivity index (χ0v) is 20.2. The van der Waals surface area contributed by atoms with Crippen LogP contribution in [0.25, 0.3) is 0 Å². The van der Waals surface area contributed by atoms with Crippen LogP contribution in [0.1, 0.15) is 32.2 Å². The van der Waals surface area contributed by atoms with Gasteiger partial charge >= 0.3 is 0 Å². The number of hydrogen-bond donors (Lipinski definition) is 1. The minimum absolute atomic E-state index is 0.178. The Morgan fingerprint density at radius 2 is 2.00 bits per heavy atom. The topological polar surface area (TPSA) is 74.6 Å². The lowest BCUT2D eigenvalue weighted by atomic mass is 10.2. The van der Waals surface area contributed by atoms with Crippen molar-refractivity contribution in [2.24, 2.45) is 0 Å². The summed E-state index contributed by atoms with van der Waals surface area (Å²) in [5, 5.41) is 10.2. The lowest BCUT2D eigenvalue weighted by Crippen LogP contribution is -2.12. The molecule has 4 aromatic rings. The molecule has 2 aromatic carbocycles. The Bertz CT molecular complexity index is 1360. The number of anilines is 1. The van der Waals surface area contributed by atoms with E-state index in [1.165, 1.54) is 11.3 Å². The van der Waals surface area contributed by atoms with Gasteiger partial charge in [0.25, 0.3) is 5.91 Å². The molecule has 0 atom stereocenters. The molecule has 9 heteroatoms. The van der Waals surface area contributed by atoms with Crippen LogP contribution in [0.2, 0.25) is 5.02 Å². The molecule has 0 aliphatic carbocycles. The van der Waals surface area contributed by atoms with E-state index in [0.29, 0.717) is 46.0 Å². The Morgan fingerprint density at radius 1 is 1.18 bits per heavy atom. The monoisotopic (exact) mass is 495 g/mol. The lowest BCUT2D eigenvalue weighted by Gasteiger charge is -2.08. The Hall–Kier alpha value is -3.49. The molecule has 0 saturated carbocycles. The van der Waals surface area contributed by atoms with E-state index in [1.54, 1.807) is 6.07 Å². The molecule has 5 rings (SSSR count). The van der Waals surface area contributed by atoms with Gasteiger partial charge in [-0.2, -0.15) is 5.10 Å². The van der Waals surface area contributed by atoms with Crippen LogP contribution in [0.4, 0.5) is 5.69 Å². The number of nitrogens with zero attached hydrogens (tertiary/aromatic N) is 2. The summed E-state index contributed by atoms with van der Waals surface area (Å²) >= 11 is 7.67. The lowest BCUT2D eigenvalue weighted by molar-refractivity contribution is 0.103. The maximum atomic E-state index is 12.9. The summed E-state index contributed by atoms with van der Waals surface area (Å²) in [4.78, 5) is 13.5. The van der Waals surface area contributed by atoms with Crippen LogP contribution < -0.4 is 19.5 Å². The molecule has 7 nitrogen and oxygen atoms in total. The van der Waals surface area contributed by atoms with E-state index >= 15 is 0 Å². The molecular formula is C25H22ClN3O4S. The molecule has 1 aliphatic rings. The number of aromatic nitrogens is 2. The van der Waals surface area contributed by atoms with Gasteiger partial charge in [0.05, 0.1) is 28.5 Å². The second kappa shape index (κ2) is 9.40. The molecule has 174 valence electrons. The van der Waals surface area contributed by atoms with E-state index in [-0.39, 0.29) is 12.7 Å². The number of halogens is 1. The molecule has 1 N–H and O–H groups in total. The van der Waals surface area contributed by atoms with Crippen molar-refractivity contribution in [2.45, 2.75) is 27.0 Å². The van der Waals surface area contributed by atoms with E-state index in [2.05, 4.69) is 10.4 Å². The first-order valence-corrected chi connectivity index (χ1v) is 11.9. The second-order valence-corrected chi connectivity index (χ2v) is 9.19. The summed E-state index contributed by atoms with van der Waals surface area (Å²) in [5.41, 5.74) is 4.21. The van der Waals surface area contributed by atoms with E-state index in [4.69, 9.17) is 25.8 Å². The van der Waals surface area contributed by atoms with E-state index < -0.39 is 0 Å². The Labute approximate surface area is 205 Å². The van der Waals surface area contributed by atoms with Crippen LogP contribution in [0.15, 0.2) is 53.9 Å². The summed E-state index contributed by atoms with van der Waals surface area (Å²) in [7, 11) is 0. The Kier molecular flexibility index (Phi) is 6.17. The van der Waals surface area contributed by atoms with Crippen LogP contribution >= 0.6 is 22.9 Å². The van der Waals surface area contributed by atoms with Crippen molar-refractivity contribution in [3.8, 4) is 17.2 Å². The maximum Gasteiger partial charge on any atom is 0.265 e. The number of nitrogens with one attached hydrogen (secondary N) is 1. The summed E-state index contributed by atoms with van der Waals surface area (Å²) in [5.74, 6) is 1.88. The molecule has 0 saturated heterocycles. The number of benzene rings is 2. The fourth-order valence-corrected chi connectivity index (χ4v) is 4.69. The van der Waals surface area contributed by atoms with Gasteiger partial charge in [0.2, 0.25) is 6.79 Å². The molecule has 1 aliphatic heterocycles. The smallest absolute Gasteiger partial charge is 0.265 e. The second-order valence-electron chi connectivity index (χ2n) is 7.87. The van der Waals surface area contributed by atoms with Gasteiger partial charge in [-0.15, -0.1) is 11.3 Å². The van der Waals surface area contributed by atoms with Gasteiger partial charge < -0.3 is 19.5 Å². The number of carbonyl (C=O) groups is 1. The number of aryl methyl sites for hydroxylation is 1. The summed E-state index contributed by atoms with van der Waals surface area (Å²) in [6.07, 6.45) is 0. The third kappa shape index (κ3) is 4.60. The highest BCUT2D eigenvalue weighted by Crippen LogP contribution is 2.35. The molecule has 0 bridgehead atoms. The minimum atomic E-state index is -0.178. The molecule has 34 heavy (non-hydrogen) atoms. The van der Waals surface area contributed by atoms with E-state index in [0.717, 1.165) is 22.5 Å². The maximum absolute atomic E-state index is 12.9. The van der Waals surface area contributed by atoms with Crippen molar-refractivity contribution in [2.75, 3.05) is 12.1 Å². The van der Waals surface area contributed by atoms with Gasteiger partial charge in [0.15, 0.2) is 11.5 Å². The predicted molar refractivity (Wildman–Crippen MR) is 131 cm³/mol. The van der Waals surface area contributed by atoms with Gasteiger partial charge in [-0.3, -0.25) is 9.48 Å². The Balaban J connectivity index is 1.24. The quantitative estimate of drug-likeness (QED) is 0.349. The molecular weight excluding hydrogens is 474 g/mol. The van der Waals surface area contributed by atoms with Crippen LogP contribution in [0.3, 0.4) is 0 Å². The normalized spacial score (nSPS) is 12.1. The first kappa shape index (κ1) is 22.3. The minimum Gasteiger partial charge on any atom is -0.489 e. The number of thiophene rings is 1. The highest BCUT2D eigenvalue weighted by atomic mass is 35.5. The van der Waals surface area contributed by atoms with Crippen LogP contribution in [-0.4, -0.2) is 22.5 Å². The summed E-state index contributed by atoms with van der Waals surface area (Å²) in [6, 6.07) is 15.0. The Morgan fingerprint density at radius 3 is 2.85 bits per heavy atom. The van der Waals surface area contributed by atoms with Crippen molar-refractivity contribution >= 4 is 34.5 Å². The van der Waals surface area contributed by atoms with Crippen molar-refractivity contribution in [3.05, 3.63) is 86.3 Å². The van der Waals surface area contributed by atoms with E-state index in [1.807, 2.05) is 66.4 Å². The zero-order valence-electron chi connectivity index (χ0n) is 18.6. The largest absolute Gasteiger partial charge is 0.489 e. The van der Waals surface area contributed by atoms with Crippen LogP contribution in [0.5, 0.6) is 17.2 Å². The average Bonchev–Trinajstić information content (AvgIpc) is 3.55. The molecule has 1 amide bonds. The number of amides is 1. The fourth-order valence-electron chi connectivity index (χ4n) is 3.70. The SMILES string of the molecule is Cc1nn(Cc2ccccc2Cl)c(C)c1NC(=O)c1cc(COc2ccc3c(c2)OCO3)cs1. The molecule has 0 spiro atoms. The molecule has 3 heterocycles. The van der Waals surface area contributed by atoms with Gasteiger partial charge in [-0.1, -0.05) is 29.8 Å². The third-order valence-electron chi connectivity index (χ3n) is 5.53. The zero-order chi connectivity index (χ0) is 23.7. The first-order valence-electron chi connectivity index (χ1n) is 10.7. The summed E-state index contributed by atoms with van der Waals surface area (Å²) in [6.45, 7) is 4.91. The van der Waals surface area contributed by atoms with Crippen LogP contribution in [0, 0.1) is 13.8 Å². The highest BCUT2D eigenvalue weighted by molar-refractivity contribution is 7.12. The van der Waals surface area contributed by atoms with Crippen molar-refractivity contribution in [3.63, 3.8) is 0 Å². The number of ether oxygens (including phenoxy) is 3. The molecule has 0 radical (unpaired) electrons. The number of carbonyl (C=O) groups excluding carboxylic acids is 1. The molecule has 2 aromatic heterocycles. The number of rotatable bonds is 7. The van der Waals surface area contributed by atoms with Crippen LogP contribution in [-0.2, 0) is 13.2 Å². The average molecular weight is 496 g/mol. The van der Waals surface area contributed by atoms with Crippen molar-refractivity contribution in [1.29, 1.82) is 0 Å². The third-order valence-corrected chi connectivity index (χ3v) is 6.87. The predicted octanol–water partition coefficient (Wildman–Crippen LogP) is 5.82. The number of fused-ring (bicyclic) bond motifs is 1. The molecule has 0 unspecified atom stereocenters. The van der Waals surface area contributed by atoms with Gasteiger partial charge in [-0.05, 0) is 49.1 Å². The van der Waals surface area contributed by atoms with Crippen molar-refractivity contribution in [1.82, 2.24) is 9.78 Å². The van der Waals surface area contributed by atoms with Crippen molar-refractivity contribution < 1.29 is 19.0 Å². The van der Waals surface area contributed by atoms with Gasteiger partial charge in [0.1, 0.15) is 12.4 Å². The highest BCUT2D eigenvalue weighted by Gasteiger charge is 2.18. The fraction of sp³-hybridized carbons (Fsp3) is 0.200. The standard InChI is InChI=1S/C25H22ClN3O4S/c1-15-24(16(2)29(28-15)11-18-5-3-4-6-20(18)26)27-25(30)23-9-17(13-34-23)12-31-19-7-8-21-22(10-19)33-14-32-21/h3-10,13H,11-12,14H2,1-2H3,(H,27,30). The van der Waals surface area contributed by atoms with E-state index in [9.17, 15) is 4.79 Å². The summed E-state index contributed by atoms with van der Waals surface area (Å²) < 4.78 is 18.4. The van der Waals surface area contributed by atoms with Gasteiger partial charge in [0, 0.05) is 16.7 Å². The molecule has 0 fully saturated rings. The first-order chi connectivity index (χ1) is 16.5. The van der Waals surface area contributed by atoms with Gasteiger partial charge in [-0.25, -0.2) is 0 Å². The number of hydrogen-bond acceptors (Lipinski definition) is 6.